The lowest BCUT2D eigenvalue weighted by molar-refractivity contribution is -0.140. The van der Waals surface area contributed by atoms with Gasteiger partial charge in [-0.05, 0) is 31.9 Å². The van der Waals surface area contributed by atoms with Crippen LogP contribution in [0, 0.1) is 12.8 Å². The first kappa shape index (κ1) is 16.5. The summed E-state index contributed by atoms with van der Waals surface area (Å²) in [6, 6.07) is 7.84. The Morgan fingerprint density at radius 2 is 1.85 bits per heavy atom. The van der Waals surface area contributed by atoms with Gasteiger partial charge in [-0.1, -0.05) is 22.9 Å². The van der Waals surface area contributed by atoms with Gasteiger partial charge in [-0.3, -0.25) is 9.59 Å². The van der Waals surface area contributed by atoms with Crippen LogP contribution in [0.3, 0.4) is 0 Å². The average molecular weight is 366 g/mol. The Morgan fingerprint density at radius 3 is 2.56 bits per heavy atom. The molecule has 1 atom stereocenters. The molecule has 7 nitrogen and oxygen atoms in total. The smallest absolute Gasteiger partial charge is 0.233 e. The van der Waals surface area contributed by atoms with Gasteiger partial charge in [0.05, 0.1) is 11.8 Å². The molecule has 3 heterocycles. The number of benzene rings is 1. The van der Waals surface area contributed by atoms with Crippen LogP contribution in [0.15, 0.2) is 28.8 Å². The molecule has 27 heavy (non-hydrogen) atoms. The van der Waals surface area contributed by atoms with Crippen LogP contribution < -0.4 is 4.90 Å². The van der Waals surface area contributed by atoms with E-state index in [-0.39, 0.29) is 30.1 Å². The molecule has 3 fully saturated rings. The van der Waals surface area contributed by atoms with E-state index in [0.29, 0.717) is 31.4 Å². The Bertz CT molecular complexity index is 881. The van der Waals surface area contributed by atoms with E-state index < -0.39 is 0 Å². The van der Waals surface area contributed by atoms with E-state index >= 15 is 0 Å². The average Bonchev–Trinajstić information content (AvgIpc) is 3.23. The largest absolute Gasteiger partial charge is 0.341 e. The summed E-state index contributed by atoms with van der Waals surface area (Å²) in [5.74, 6) is 1.84. The zero-order chi connectivity index (χ0) is 18.5. The Morgan fingerprint density at radius 1 is 1.11 bits per heavy atom. The predicted molar refractivity (Wildman–Crippen MR) is 97.2 cm³/mol. The number of aryl methyl sites for hydroxylation is 1. The molecule has 1 aromatic heterocycles. The van der Waals surface area contributed by atoms with Crippen molar-refractivity contribution in [2.75, 3.05) is 24.5 Å². The molecule has 2 saturated heterocycles. The first-order valence-corrected chi connectivity index (χ1v) is 9.58. The SMILES string of the molecule is Cc1ccc(N2CC(C(=O)N3CC(c4nc(C5CC5)no4)C3)CC2=O)cc1. The molecule has 7 heteroatoms. The van der Waals surface area contributed by atoms with Gasteiger partial charge in [0.25, 0.3) is 0 Å². The van der Waals surface area contributed by atoms with Crippen molar-refractivity contribution in [1.82, 2.24) is 15.0 Å². The lowest BCUT2D eigenvalue weighted by Crippen LogP contribution is -2.51. The van der Waals surface area contributed by atoms with Crippen LogP contribution in [0.1, 0.15) is 48.4 Å². The van der Waals surface area contributed by atoms with Crippen LogP contribution in [0.2, 0.25) is 0 Å². The van der Waals surface area contributed by atoms with E-state index in [1.54, 1.807) is 4.90 Å². The Hall–Kier alpha value is -2.70. The zero-order valence-electron chi connectivity index (χ0n) is 15.3. The van der Waals surface area contributed by atoms with E-state index in [1.807, 2.05) is 36.1 Å². The standard InChI is InChI=1S/C20H22N4O3/c1-12-2-6-16(7-3-12)24-11-14(8-17(24)25)20(26)23-9-15(10-23)19-21-18(22-27-19)13-4-5-13/h2-3,6-7,13-15H,4-5,8-11H2,1H3. The van der Waals surface area contributed by atoms with Gasteiger partial charge in [-0.25, -0.2) is 0 Å². The van der Waals surface area contributed by atoms with E-state index in [9.17, 15) is 9.59 Å². The fraction of sp³-hybridized carbons (Fsp3) is 0.500. The zero-order valence-corrected chi connectivity index (χ0v) is 15.3. The number of carbonyl (C=O) groups excluding carboxylic acids is 2. The molecule has 0 spiro atoms. The fourth-order valence-electron chi connectivity index (χ4n) is 3.84. The van der Waals surface area contributed by atoms with E-state index in [0.717, 1.165) is 29.9 Å². The van der Waals surface area contributed by atoms with Crippen molar-refractivity contribution in [3.8, 4) is 0 Å². The third-order valence-electron chi connectivity index (χ3n) is 5.76. The minimum atomic E-state index is -0.274. The molecule has 1 unspecified atom stereocenters. The van der Waals surface area contributed by atoms with Crippen LogP contribution >= 0.6 is 0 Å². The van der Waals surface area contributed by atoms with Crippen LogP contribution in [-0.2, 0) is 9.59 Å². The van der Waals surface area contributed by atoms with Gasteiger partial charge in [0.15, 0.2) is 5.82 Å². The molecule has 2 amide bonds. The van der Waals surface area contributed by atoms with Crippen molar-refractivity contribution in [3.05, 3.63) is 41.5 Å². The third-order valence-corrected chi connectivity index (χ3v) is 5.76. The summed E-state index contributed by atoms with van der Waals surface area (Å²) in [5, 5.41) is 4.05. The van der Waals surface area contributed by atoms with Crippen LogP contribution in [0.25, 0.3) is 0 Å². The van der Waals surface area contributed by atoms with Crippen molar-refractivity contribution < 1.29 is 14.1 Å². The highest BCUT2D eigenvalue weighted by Crippen LogP contribution is 2.39. The van der Waals surface area contributed by atoms with Crippen LogP contribution in [-0.4, -0.2) is 46.5 Å². The Labute approximate surface area is 157 Å². The number of nitrogens with zero attached hydrogens (tertiary/aromatic N) is 4. The van der Waals surface area contributed by atoms with Crippen molar-refractivity contribution >= 4 is 17.5 Å². The molecule has 0 N–H and O–H groups in total. The quantitative estimate of drug-likeness (QED) is 0.829. The Kier molecular flexibility index (Phi) is 3.77. The van der Waals surface area contributed by atoms with E-state index in [4.69, 9.17) is 4.52 Å². The number of carbonyl (C=O) groups is 2. The van der Waals surface area contributed by atoms with Crippen molar-refractivity contribution in [3.63, 3.8) is 0 Å². The molecule has 1 aliphatic carbocycles. The summed E-state index contributed by atoms with van der Waals surface area (Å²) in [4.78, 5) is 33.2. The summed E-state index contributed by atoms with van der Waals surface area (Å²) in [5.41, 5.74) is 2.01. The monoisotopic (exact) mass is 366 g/mol. The van der Waals surface area contributed by atoms with E-state index in [1.165, 1.54) is 0 Å². The summed E-state index contributed by atoms with van der Waals surface area (Å²) in [6.45, 7) is 3.66. The molecule has 2 aliphatic heterocycles. The molecule has 0 radical (unpaired) electrons. The highest BCUT2D eigenvalue weighted by molar-refractivity contribution is 6.00. The van der Waals surface area contributed by atoms with Crippen molar-refractivity contribution in [2.24, 2.45) is 5.92 Å². The highest BCUT2D eigenvalue weighted by Gasteiger charge is 2.43. The third kappa shape index (κ3) is 3.01. The normalized spacial score (nSPS) is 23.0. The molecule has 140 valence electrons. The minimum absolute atomic E-state index is 0.0141. The first-order valence-electron chi connectivity index (χ1n) is 9.58. The van der Waals surface area contributed by atoms with Gasteiger partial charge in [0, 0.05) is 37.7 Å². The first-order chi connectivity index (χ1) is 13.1. The number of rotatable bonds is 4. The Balaban J connectivity index is 1.19. The molecule has 5 rings (SSSR count). The van der Waals surface area contributed by atoms with Crippen molar-refractivity contribution in [1.29, 1.82) is 0 Å². The minimum Gasteiger partial charge on any atom is -0.341 e. The van der Waals surface area contributed by atoms with Gasteiger partial charge in [0.1, 0.15) is 0 Å². The van der Waals surface area contributed by atoms with Gasteiger partial charge in [0.2, 0.25) is 17.7 Å². The summed E-state index contributed by atoms with van der Waals surface area (Å²) < 4.78 is 5.36. The van der Waals surface area contributed by atoms with E-state index in [2.05, 4.69) is 10.1 Å². The van der Waals surface area contributed by atoms with Gasteiger partial charge < -0.3 is 14.3 Å². The second kappa shape index (κ2) is 6.18. The molecule has 2 aromatic rings. The molecule has 1 aromatic carbocycles. The summed E-state index contributed by atoms with van der Waals surface area (Å²) in [6.07, 6.45) is 2.56. The topological polar surface area (TPSA) is 79.5 Å². The lowest BCUT2D eigenvalue weighted by atomic mass is 9.96. The number of amides is 2. The summed E-state index contributed by atoms with van der Waals surface area (Å²) in [7, 11) is 0. The maximum absolute atomic E-state index is 12.8. The molecular formula is C20H22N4O3. The maximum Gasteiger partial charge on any atom is 0.233 e. The van der Waals surface area contributed by atoms with Crippen LogP contribution in [0.5, 0.6) is 0 Å². The fourth-order valence-corrected chi connectivity index (χ4v) is 3.84. The summed E-state index contributed by atoms with van der Waals surface area (Å²) >= 11 is 0. The van der Waals surface area contributed by atoms with Gasteiger partial charge >= 0.3 is 0 Å². The second-order valence-corrected chi connectivity index (χ2v) is 7.95. The highest BCUT2D eigenvalue weighted by atomic mass is 16.5. The molecule has 3 aliphatic rings. The van der Waals surface area contributed by atoms with Crippen LogP contribution in [0.4, 0.5) is 5.69 Å². The molecular weight excluding hydrogens is 344 g/mol. The molecule has 0 bridgehead atoms. The number of likely N-dealkylation sites (tertiary alicyclic amines) is 1. The molecule has 1 saturated carbocycles. The lowest BCUT2D eigenvalue weighted by Gasteiger charge is -2.38. The predicted octanol–water partition coefficient (Wildman–Crippen LogP) is 2.23. The number of aromatic nitrogens is 2. The second-order valence-electron chi connectivity index (χ2n) is 7.95. The van der Waals surface area contributed by atoms with Crippen molar-refractivity contribution in [2.45, 2.75) is 38.0 Å². The van der Waals surface area contributed by atoms with Gasteiger partial charge in [-0.2, -0.15) is 4.98 Å². The number of hydrogen-bond donors (Lipinski definition) is 0. The number of hydrogen-bond acceptors (Lipinski definition) is 5. The maximum atomic E-state index is 12.8. The van der Waals surface area contributed by atoms with Gasteiger partial charge in [-0.15, -0.1) is 0 Å². The number of anilines is 1.